The van der Waals surface area contributed by atoms with Crippen molar-refractivity contribution in [2.75, 3.05) is 0 Å². The van der Waals surface area contributed by atoms with Crippen molar-refractivity contribution >= 4 is 16.8 Å². The van der Waals surface area contributed by atoms with Crippen molar-refractivity contribution in [3.8, 4) is 0 Å². The van der Waals surface area contributed by atoms with Gasteiger partial charge in [0, 0.05) is 5.39 Å². The van der Waals surface area contributed by atoms with E-state index in [4.69, 9.17) is 0 Å². The molecule has 1 N–H and O–H groups in total. The predicted molar refractivity (Wildman–Crippen MR) is 103 cm³/mol. The Morgan fingerprint density at radius 1 is 1.26 bits per heavy atom. The Morgan fingerprint density at radius 3 is 2.63 bits per heavy atom. The number of benzene rings is 1. The largest absolute Gasteiger partial charge is 0.348 e. The molecule has 1 amide bonds. The Morgan fingerprint density at radius 2 is 1.96 bits per heavy atom. The predicted octanol–water partition coefficient (Wildman–Crippen LogP) is 2.42. The first-order chi connectivity index (χ1) is 12.9. The van der Waals surface area contributed by atoms with Crippen molar-refractivity contribution in [3.05, 3.63) is 57.6 Å². The fourth-order valence-corrected chi connectivity index (χ4v) is 3.29. The molecule has 0 saturated heterocycles. The Hall–Kier alpha value is -2.96. The second-order valence-electron chi connectivity index (χ2n) is 7.33. The van der Waals surface area contributed by atoms with E-state index in [1.54, 1.807) is 10.9 Å². The average molecular weight is 365 g/mol. The lowest BCUT2D eigenvalue weighted by molar-refractivity contribution is -0.122. The van der Waals surface area contributed by atoms with Gasteiger partial charge in [-0.25, -0.2) is 4.68 Å². The molecular formula is C20H23N5O2. The number of amides is 1. The zero-order chi connectivity index (χ0) is 19.1. The summed E-state index contributed by atoms with van der Waals surface area (Å²) in [5.41, 5.74) is 3.27. The van der Waals surface area contributed by atoms with E-state index < -0.39 is 0 Å². The molecule has 3 aromatic rings. The van der Waals surface area contributed by atoms with Gasteiger partial charge in [-0.05, 0) is 39.2 Å². The summed E-state index contributed by atoms with van der Waals surface area (Å²) >= 11 is 0. The fraction of sp³-hybridized carbons (Fsp3) is 0.400. The van der Waals surface area contributed by atoms with E-state index in [1.165, 1.54) is 10.2 Å². The Kier molecular flexibility index (Phi) is 4.30. The van der Waals surface area contributed by atoms with Crippen molar-refractivity contribution < 1.29 is 4.79 Å². The van der Waals surface area contributed by atoms with Gasteiger partial charge in [0.25, 0.3) is 5.56 Å². The SMILES string of the molecule is Cc1ccc(C(C)NC(=O)Cn2ncc3c(C)nn(C4CC4)c3c2=O)cc1. The van der Waals surface area contributed by atoms with Crippen LogP contribution in [0.4, 0.5) is 0 Å². The van der Waals surface area contributed by atoms with Crippen molar-refractivity contribution in [1.29, 1.82) is 0 Å². The number of nitrogens with one attached hydrogen (secondary N) is 1. The summed E-state index contributed by atoms with van der Waals surface area (Å²) in [4.78, 5) is 25.3. The highest BCUT2D eigenvalue weighted by atomic mass is 16.2. The van der Waals surface area contributed by atoms with Crippen LogP contribution in [0, 0.1) is 13.8 Å². The summed E-state index contributed by atoms with van der Waals surface area (Å²) in [5.74, 6) is -0.244. The zero-order valence-electron chi connectivity index (χ0n) is 15.8. The molecule has 27 heavy (non-hydrogen) atoms. The van der Waals surface area contributed by atoms with Gasteiger partial charge in [0.1, 0.15) is 12.1 Å². The lowest BCUT2D eigenvalue weighted by Crippen LogP contribution is -2.35. The lowest BCUT2D eigenvalue weighted by atomic mass is 10.1. The van der Waals surface area contributed by atoms with E-state index in [0.717, 1.165) is 29.5 Å². The number of aryl methyl sites for hydroxylation is 2. The highest BCUT2D eigenvalue weighted by Crippen LogP contribution is 2.36. The summed E-state index contributed by atoms with van der Waals surface area (Å²) in [5, 5.41) is 12.4. The Balaban J connectivity index is 1.55. The molecule has 0 radical (unpaired) electrons. The second-order valence-corrected chi connectivity index (χ2v) is 7.33. The maximum absolute atomic E-state index is 12.9. The minimum atomic E-state index is -0.266. The van der Waals surface area contributed by atoms with Crippen LogP contribution in [-0.2, 0) is 11.3 Å². The molecule has 0 bridgehead atoms. The summed E-state index contributed by atoms with van der Waals surface area (Å²) in [6, 6.07) is 8.16. The highest BCUT2D eigenvalue weighted by Gasteiger charge is 2.28. The van der Waals surface area contributed by atoms with Gasteiger partial charge in [0.05, 0.1) is 24.0 Å². The van der Waals surface area contributed by atoms with Gasteiger partial charge in [0.15, 0.2) is 0 Å². The van der Waals surface area contributed by atoms with Crippen LogP contribution in [0.3, 0.4) is 0 Å². The third-order valence-electron chi connectivity index (χ3n) is 5.04. The molecule has 1 aromatic carbocycles. The number of fused-ring (bicyclic) bond motifs is 1. The molecule has 1 aliphatic rings. The quantitative estimate of drug-likeness (QED) is 0.753. The number of carbonyl (C=O) groups is 1. The van der Waals surface area contributed by atoms with Gasteiger partial charge < -0.3 is 5.32 Å². The molecule has 2 heterocycles. The third-order valence-corrected chi connectivity index (χ3v) is 5.04. The topological polar surface area (TPSA) is 81.8 Å². The highest BCUT2D eigenvalue weighted by molar-refractivity contribution is 5.81. The van der Waals surface area contributed by atoms with E-state index in [9.17, 15) is 9.59 Å². The number of aromatic nitrogens is 4. The lowest BCUT2D eigenvalue weighted by Gasteiger charge is -2.15. The average Bonchev–Trinajstić information content (AvgIpc) is 3.42. The number of hydrogen-bond donors (Lipinski definition) is 1. The first-order valence-electron chi connectivity index (χ1n) is 9.25. The maximum atomic E-state index is 12.9. The Bertz CT molecular complexity index is 1060. The van der Waals surface area contributed by atoms with Crippen LogP contribution < -0.4 is 10.9 Å². The molecule has 1 fully saturated rings. The number of rotatable bonds is 5. The van der Waals surface area contributed by atoms with Crippen LogP contribution in [-0.4, -0.2) is 25.5 Å². The van der Waals surface area contributed by atoms with Crippen LogP contribution in [0.5, 0.6) is 0 Å². The smallest absolute Gasteiger partial charge is 0.293 e. The molecule has 1 atom stereocenters. The van der Waals surface area contributed by atoms with Gasteiger partial charge >= 0.3 is 0 Å². The van der Waals surface area contributed by atoms with E-state index in [1.807, 2.05) is 45.0 Å². The minimum absolute atomic E-state index is 0.111. The molecule has 7 heteroatoms. The van der Waals surface area contributed by atoms with E-state index in [2.05, 4.69) is 15.5 Å². The standard InChI is InChI=1S/C20H23N5O2/c1-12-4-6-15(7-5-12)13(2)22-18(26)11-24-20(27)19-17(10-21-24)14(3)23-25(19)16-8-9-16/h4-7,10,13,16H,8-9,11H2,1-3H3,(H,22,26). The van der Waals surface area contributed by atoms with Gasteiger partial charge in [-0.15, -0.1) is 0 Å². The van der Waals surface area contributed by atoms with Gasteiger partial charge in [0.2, 0.25) is 5.91 Å². The van der Waals surface area contributed by atoms with Crippen LogP contribution in [0.15, 0.2) is 35.3 Å². The van der Waals surface area contributed by atoms with Crippen LogP contribution in [0.1, 0.15) is 48.7 Å². The van der Waals surface area contributed by atoms with Crippen molar-refractivity contribution in [1.82, 2.24) is 24.9 Å². The number of carbonyl (C=O) groups excluding carboxylic acids is 1. The molecule has 1 saturated carbocycles. The van der Waals surface area contributed by atoms with E-state index in [0.29, 0.717) is 11.6 Å². The number of hydrogen-bond acceptors (Lipinski definition) is 4. The molecule has 4 rings (SSSR count). The molecule has 0 aliphatic heterocycles. The minimum Gasteiger partial charge on any atom is -0.348 e. The fourth-order valence-electron chi connectivity index (χ4n) is 3.29. The molecular weight excluding hydrogens is 342 g/mol. The van der Waals surface area contributed by atoms with Gasteiger partial charge in [-0.1, -0.05) is 29.8 Å². The van der Waals surface area contributed by atoms with Crippen molar-refractivity contribution in [2.24, 2.45) is 0 Å². The van der Waals surface area contributed by atoms with Crippen LogP contribution in [0.2, 0.25) is 0 Å². The third kappa shape index (κ3) is 3.37. The molecule has 0 spiro atoms. The van der Waals surface area contributed by atoms with E-state index >= 15 is 0 Å². The van der Waals surface area contributed by atoms with Gasteiger partial charge in [-0.2, -0.15) is 10.2 Å². The second kappa shape index (κ2) is 6.64. The first-order valence-corrected chi connectivity index (χ1v) is 9.25. The Labute approximate surface area is 157 Å². The summed E-state index contributed by atoms with van der Waals surface area (Å²) < 4.78 is 3.03. The van der Waals surface area contributed by atoms with Crippen molar-refractivity contribution in [2.45, 2.75) is 52.2 Å². The summed E-state index contributed by atoms with van der Waals surface area (Å²) in [6.07, 6.45) is 3.70. The molecule has 1 unspecified atom stereocenters. The zero-order valence-corrected chi connectivity index (χ0v) is 15.8. The first kappa shape index (κ1) is 17.5. The van der Waals surface area contributed by atoms with Crippen LogP contribution >= 0.6 is 0 Å². The number of nitrogens with zero attached hydrogens (tertiary/aromatic N) is 4. The summed E-state index contributed by atoms with van der Waals surface area (Å²) in [6.45, 7) is 5.71. The van der Waals surface area contributed by atoms with Crippen molar-refractivity contribution in [3.63, 3.8) is 0 Å². The monoisotopic (exact) mass is 365 g/mol. The van der Waals surface area contributed by atoms with Crippen LogP contribution in [0.25, 0.3) is 10.9 Å². The maximum Gasteiger partial charge on any atom is 0.293 e. The molecule has 1 aliphatic carbocycles. The summed E-state index contributed by atoms with van der Waals surface area (Å²) in [7, 11) is 0. The van der Waals surface area contributed by atoms with E-state index in [-0.39, 0.29) is 24.1 Å². The molecule has 140 valence electrons. The van der Waals surface area contributed by atoms with Gasteiger partial charge in [-0.3, -0.25) is 14.3 Å². The molecule has 2 aromatic heterocycles. The molecule has 7 nitrogen and oxygen atoms in total. The normalized spacial score (nSPS) is 15.1.